The smallest absolute Gasteiger partial charge is 0.221 e. The van der Waals surface area contributed by atoms with E-state index in [9.17, 15) is 4.79 Å². The monoisotopic (exact) mass is 242 g/mol. The Morgan fingerprint density at radius 1 is 1.35 bits per heavy atom. The van der Waals surface area contributed by atoms with Crippen molar-refractivity contribution in [2.24, 2.45) is 0 Å². The van der Waals surface area contributed by atoms with E-state index in [0.717, 1.165) is 45.5 Å². The second kappa shape index (κ2) is 9.42. The zero-order chi connectivity index (χ0) is 12.3. The van der Waals surface area contributed by atoms with Crippen LogP contribution in [0.4, 0.5) is 0 Å². The Bertz CT molecular complexity index is 204. The minimum Gasteiger partial charge on any atom is -0.378 e. The molecule has 0 saturated carbocycles. The summed E-state index contributed by atoms with van der Waals surface area (Å²) in [6.45, 7) is 5.55. The molecule has 1 saturated heterocycles. The predicted molar refractivity (Wildman–Crippen MR) is 69.0 cm³/mol. The maximum Gasteiger partial charge on any atom is 0.221 e. The average Bonchev–Trinajstić information content (AvgIpc) is 2.84. The minimum atomic E-state index is 0.151. The van der Waals surface area contributed by atoms with Gasteiger partial charge < -0.3 is 15.4 Å². The van der Waals surface area contributed by atoms with Gasteiger partial charge in [-0.1, -0.05) is 6.92 Å². The van der Waals surface area contributed by atoms with Gasteiger partial charge in [-0.05, 0) is 38.6 Å². The first-order chi connectivity index (χ1) is 8.33. The molecule has 4 nitrogen and oxygen atoms in total. The van der Waals surface area contributed by atoms with Gasteiger partial charge in [-0.25, -0.2) is 0 Å². The third kappa shape index (κ3) is 7.34. The zero-order valence-corrected chi connectivity index (χ0v) is 11.0. The van der Waals surface area contributed by atoms with Crippen molar-refractivity contribution in [3.8, 4) is 0 Å². The molecule has 1 heterocycles. The third-order valence-corrected chi connectivity index (χ3v) is 3.00. The highest BCUT2D eigenvalue weighted by Gasteiger charge is 2.14. The molecule has 0 aromatic carbocycles. The fraction of sp³-hybridized carbons (Fsp3) is 0.923. The fourth-order valence-electron chi connectivity index (χ4n) is 2.01. The summed E-state index contributed by atoms with van der Waals surface area (Å²) in [4.78, 5) is 11.3. The second-order valence-electron chi connectivity index (χ2n) is 4.63. The summed E-state index contributed by atoms with van der Waals surface area (Å²) in [5, 5.41) is 6.17. The van der Waals surface area contributed by atoms with Crippen LogP contribution in [0.25, 0.3) is 0 Å². The molecule has 4 heteroatoms. The quantitative estimate of drug-likeness (QED) is 0.602. The number of hydrogen-bond donors (Lipinski definition) is 2. The maximum absolute atomic E-state index is 11.3. The Kier molecular flexibility index (Phi) is 8.01. The average molecular weight is 242 g/mol. The molecule has 2 N–H and O–H groups in total. The SMILES string of the molecule is CCCNC(=O)CCNCCCC1CCCO1. The predicted octanol–water partition coefficient (Wildman–Crippen LogP) is 1.45. The summed E-state index contributed by atoms with van der Waals surface area (Å²) in [6, 6.07) is 0. The Hall–Kier alpha value is -0.610. The van der Waals surface area contributed by atoms with Crippen LogP contribution in [0, 0.1) is 0 Å². The van der Waals surface area contributed by atoms with Gasteiger partial charge in [0.25, 0.3) is 0 Å². The first-order valence-electron chi connectivity index (χ1n) is 6.92. The third-order valence-electron chi connectivity index (χ3n) is 3.00. The zero-order valence-electron chi connectivity index (χ0n) is 11.0. The van der Waals surface area contributed by atoms with Gasteiger partial charge in [-0.2, -0.15) is 0 Å². The maximum atomic E-state index is 11.3. The standard InChI is InChI=1S/C13H26N2O2/c1-2-8-15-13(16)7-10-14-9-3-5-12-6-4-11-17-12/h12,14H,2-11H2,1H3,(H,15,16). The molecule has 1 aliphatic rings. The lowest BCUT2D eigenvalue weighted by Gasteiger charge is -2.09. The number of ether oxygens (including phenoxy) is 1. The number of carbonyl (C=O) groups excluding carboxylic acids is 1. The Balaban J connectivity index is 1.82. The van der Waals surface area contributed by atoms with E-state index in [4.69, 9.17) is 4.74 Å². The topological polar surface area (TPSA) is 50.4 Å². The highest BCUT2D eigenvalue weighted by atomic mass is 16.5. The molecule has 1 aliphatic heterocycles. The normalized spacial score (nSPS) is 19.5. The van der Waals surface area contributed by atoms with E-state index in [0.29, 0.717) is 12.5 Å². The van der Waals surface area contributed by atoms with Gasteiger partial charge in [0.1, 0.15) is 0 Å². The van der Waals surface area contributed by atoms with Gasteiger partial charge in [-0.3, -0.25) is 4.79 Å². The van der Waals surface area contributed by atoms with Gasteiger partial charge in [-0.15, -0.1) is 0 Å². The molecule has 0 spiro atoms. The Morgan fingerprint density at radius 3 is 2.94 bits per heavy atom. The van der Waals surface area contributed by atoms with E-state index in [2.05, 4.69) is 17.6 Å². The molecule has 100 valence electrons. The van der Waals surface area contributed by atoms with Crippen LogP contribution in [0.15, 0.2) is 0 Å². The molecule has 1 unspecified atom stereocenters. The van der Waals surface area contributed by atoms with E-state index in [1.807, 2.05) is 0 Å². The van der Waals surface area contributed by atoms with Gasteiger partial charge in [0.15, 0.2) is 0 Å². The Labute approximate surface area is 104 Å². The van der Waals surface area contributed by atoms with Crippen LogP contribution in [0.5, 0.6) is 0 Å². The van der Waals surface area contributed by atoms with Crippen LogP contribution in [0.3, 0.4) is 0 Å². The van der Waals surface area contributed by atoms with Crippen molar-refractivity contribution in [1.29, 1.82) is 0 Å². The summed E-state index contributed by atoms with van der Waals surface area (Å²) < 4.78 is 5.55. The van der Waals surface area contributed by atoms with Crippen molar-refractivity contribution in [2.75, 3.05) is 26.2 Å². The molecule has 17 heavy (non-hydrogen) atoms. The van der Waals surface area contributed by atoms with E-state index in [1.54, 1.807) is 0 Å². The van der Waals surface area contributed by atoms with Crippen LogP contribution in [0.1, 0.15) is 45.4 Å². The number of rotatable bonds is 9. The summed E-state index contributed by atoms with van der Waals surface area (Å²) in [6.07, 6.45) is 6.80. The van der Waals surface area contributed by atoms with Gasteiger partial charge in [0.05, 0.1) is 6.10 Å². The molecule has 1 atom stereocenters. The summed E-state index contributed by atoms with van der Waals surface area (Å²) in [5.74, 6) is 0.151. The van der Waals surface area contributed by atoms with E-state index in [-0.39, 0.29) is 5.91 Å². The van der Waals surface area contributed by atoms with Crippen LogP contribution in [-0.4, -0.2) is 38.3 Å². The van der Waals surface area contributed by atoms with Crippen molar-refractivity contribution in [3.05, 3.63) is 0 Å². The first kappa shape index (κ1) is 14.5. The molecule has 1 amide bonds. The van der Waals surface area contributed by atoms with Gasteiger partial charge in [0, 0.05) is 26.1 Å². The lowest BCUT2D eigenvalue weighted by Crippen LogP contribution is -2.28. The van der Waals surface area contributed by atoms with E-state index < -0.39 is 0 Å². The molecule has 0 aromatic heterocycles. The van der Waals surface area contributed by atoms with Gasteiger partial charge >= 0.3 is 0 Å². The van der Waals surface area contributed by atoms with Crippen molar-refractivity contribution >= 4 is 5.91 Å². The van der Waals surface area contributed by atoms with E-state index >= 15 is 0 Å². The molecule has 0 aromatic rings. The van der Waals surface area contributed by atoms with Crippen molar-refractivity contribution in [2.45, 2.75) is 51.6 Å². The molecule has 0 bridgehead atoms. The van der Waals surface area contributed by atoms with Crippen molar-refractivity contribution in [3.63, 3.8) is 0 Å². The van der Waals surface area contributed by atoms with Crippen LogP contribution < -0.4 is 10.6 Å². The van der Waals surface area contributed by atoms with E-state index in [1.165, 1.54) is 12.8 Å². The lowest BCUT2D eigenvalue weighted by molar-refractivity contribution is -0.120. The second-order valence-corrected chi connectivity index (χ2v) is 4.63. The summed E-state index contributed by atoms with van der Waals surface area (Å²) in [7, 11) is 0. The summed E-state index contributed by atoms with van der Waals surface area (Å²) >= 11 is 0. The Morgan fingerprint density at radius 2 is 2.24 bits per heavy atom. The van der Waals surface area contributed by atoms with Crippen LogP contribution in [-0.2, 0) is 9.53 Å². The van der Waals surface area contributed by atoms with Crippen LogP contribution >= 0.6 is 0 Å². The molecule has 0 radical (unpaired) electrons. The lowest BCUT2D eigenvalue weighted by atomic mass is 10.1. The number of amides is 1. The fourth-order valence-corrected chi connectivity index (χ4v) is 2.01. The summed E-state index contributed by atoms with van der Waals surface area (Å²) in [5.41, 5.74) is 0. The molecule has 1 rings (SSSR count). The highest BCUT2D eigenvalue weighted by Crippen LogP contribution is 2.16. The van der Waals surface area contributed by atoms with Crippen LogP contribution in [0.2, 0.25) is 0 Å². The molecular formula is C13H26N2O2. The first-order valence-corrected chi connectivity index (χ1v) is 6.92. The number of hydrogen-bond acceptors (Lipinski definition) is 3. The highest BCUT2D eigenvalue weighted by molar-refractivity contribution is 5.75. The van der Waals surface area contributed by atoms with Gasteiger partial charge in [0.2, 0.25) is 5.91 Å². The molecular weight excluding hydrogens is 216 g/mol. The molecule has 1 fully saturated rings. The number of nitrogens with one attached hydrogen (secondary N) is 2. The number of carbonyl (C=O) groups is 1. The van der Waals surface area contributed by atoms with Crippen molar-refractivity contribution < 1.29 is 9.53 Å². The minimum absolute atomic E-state index is 0.151. The van der Waals surface area contributed by atoms with Crippen molar-refractivity contribution in [1.82, 2.24) is 10.6 Å². The molecule has 0 aliphatic carbocycles. The largest absolute Gasteiger partial charge is 0.378 e.